The van der Waals surface area contributed by atoms with Gasteiger partial charge in [0.25, 0.3) is 0 Å². The minimum Gasteiger partial charge on any atom is -0.490 e. The Kier molecular flexibility index (Phi) is 7.30. The number of ether oxygens (including phenoxy) is 3. The fraction of sp³-hybridized carbons (Fsp3) is 0.647. The van der Waals surface area contributed by atoms with Gasteiger partial charge >= 0.3 is 0 Å². The molecular weight excluding hydrogens is 302 g/mol. The molecule has 4 nitrogen and oxygen atoms in total. The summed E-state index contributed by atoms with van der Waals surface area (Å²) >= 11 is 6.35. The van der Waals surface area contributed by atoms with Crippen molar-refractivity contribution in [3.05, 3.63) is 22.7 Å². The average molecular weight is 328 g/mol. The quantitative estimate of drug-likeness (QED) is 0.749. The van der Waals surface area contributed by atoms with Gasteiger partial charge in [0, 0.05) is 19.7 Å². The van der Waals surface area contributed by atoms with E-state index in [1.165, 1.54) is 0 Å². The summed E-state index contributed by atoms with van der Waals surface area (Å²) < 4.78 is 17.0. The van der Waals surface area contributed by atoms with Crippen molar-refractivity contribution in [3.8, 4) is 11.5 Å². The van der Waals surface area contributed by atoms with Crippen LogP contribution in [0.15, 0.2) is 12.1 Å². The van der Waals surface area contributed by atoms with E-state index in [2.05, 4.69) is 12.2 Å². The van der Waals surface area contributed by atoms with Gasteiger partial charge in [-0.3, -0.25) is 0 Å². The molecule has 1 aliphatic heterocycles. The molecule has 0 aromatic heterocycles. The monoisotopic (exact) mass is 327 g/mol. The largest absolute Gasteiger partial charge is 0.490 e. The van der Waals surface area contributed by atoms with Gasteiger partial charge in [-0.05, 0) is 43.9 Å². The van der Waals surface area contributed by atoms with E-state index in [0.717, 1.165) is 50.3 Å². The Labute approximate surface area is 138 Å². The van der Waals surface area contributed by atoms with E-state index in [0.29, 0.717) is 30.1 Å². The molecule has 124 valence electrons. The fourth-order valence-corrected chi connectivity index (χ4v) is 2.80. The van der Waals surface area contributed by atoms with E-state index in [1.807, 2.05) is 19.1 Å². The van der Waals surface area contributed by atoms with Crippen LogP contribution in [-0.4, -0.2) is 32.5 Å². The molecule has 0 aliphatic carbocycles. The number of nitrogens with one attached hydrogen (secondary N) is 1. The van der Waals surface area contributed by atoms with Crippen LogP contribution in [0.5, 0.6) is 11.5 Å². The van der Waals surface area contributed by atoms with Crippen molar-refractivity contribution in [2.24, 2.45) is 0 Å². The summed E-state index contributed by atoms with van der Waals surface area (Å²) in [6, 6.07) is 3.94. The maximum Gasteiger partial charge on any atom is 0.179 e. The van der Waals surface area contributed by atoms with E-state index in [-0.39, 0.29) is 0 Å². The molecule has 1 saturated heterocycles. The second-order valence-electron chi connectivity index (χ2n) is 5.45. The molecule has 5 heteroatoms. The number of rotatable bonds is 9. The summed E-state index contributed by atoms with van der Waals surface area (Å²) in [6.45, 7) is 7.75. The Hall–Kier alpha value is -0.970. The first-order chi connectivity index (χ1) is 10.7. The molecule has 1 unspecified atom stereocenters. The SMILES string of the molecule is CCCOc1c(Cl)cc(CNCC2CCCO2)cc1OCC. The van der Waals surface area contributed by atoms with Crippen molar-refractivity contribution in [2.45, 2.75) is 45.8 Å². The molecule has 1 aliphatic rings. The minimum absolute atomic E-state index is 0.342. The van der Waals surface area contributed by atoms with Crippen LogP contribution in [0.1, 0.15) is 38.7 Å². The van der Waals surface area contributed by atoms with Crippen LogP contribution < -0.4 is 14.8 Å². The van der Waals surface area contributed by atoms with Crippen LogP contribution in [0.2, 0.25) is 5.02 Å². The van der Waals surface area contributed by atoms with Gasteiger partial charge in [0.2, 0.25) is 0 Å². The Morgan fingerprint density at radius 2 is 2.18 bits per heavy atom. The van der Waals surface area contributed by atoms with E-state index in [1.54, 1.807) is 0 Å². The van der Waals surface area contributed by atoms with Crippen LogP contribution in [0.4, 0.5) is 0 Å². The molecule has 2 rings (SSSR count). The van der Waals surface area contributed by atoms with Gasteiger partial charge in [-0.2, -0.15) is 0 Å². The lowest BCUT2D eigenvalue weighted by Gasteiger charge is -2.16. The molecule has 1 aromatic rings. The highest BCUT2D eigenvalue weighted by molar-refractivity contribution is 6.32. The third-order valence-electron chi connectivity index (χ3n) is 3.54. The Balaban J connectivity index is 1.97. The lowest BCUT2D eigenvalue weighted by Crippen LogP contribution is -2.25. The lowest BCUT2D eigenvalue weighted by atomic mass is 10.2. The molecule has 1 heterocycles. The van der Waals surface area contributed by atoms with Crippen molar-refractivity contribution >= 4 is 11.6 Å². The zero-order chi connectivity index (χ0) is 15.8. The van der Waals surface area contributed by atoms with Gasteiger partial charge in [0.05, 0.1) is 24.3 Å². The summed E-state index contributed by atoms with van der Waals surface area (Å²) in [7, 11) is 0. The molecule has 0 saturated carbocycles. The summed E-state index contributed by atoms with van der Waals surface area (Å²) in [4.78, 5) is 0. The molecule has 1 atom stereocenters. The maximum absolute atomic E-state index is 6.35. The predicted molar refractivity (Wildman–Crippen MR) is 89.1 cm³/mol. The normalized spacial score (nSPS) is 17.7. The minimum atomic E-state index is 0.342. The van der Waals surface area contributed by atoms with Crippen molar-refractivity contribution in [3.63, 3.8) is 0 Å². The molecule has 0 spiro atoms. The fourth-order valence-electron chi connectivity index (χ4n) is 2.51. The maximum atomic E-state index is 6.35. The highest BCUT2D eigenvalue weighted by Gasteiger charge is 2.16. The average Bonchev–Trinajstić information content (AvgIpc) is 3.00. The summed E-state index contributed by atoms with van der Waals surface area (Å²) in [5, 5.41) is 4.03. The Morgan fingerprint density at radius 3 is 2.86 bits per heavy atom. The van der Waals surface area contributed by atoms with Crippen molar-refractivity contribution < 1.29 is 14.2 Å². The van der Waals surface area contributed by atoms with E-state index >= 15 is 0 Å². The number of benzene rings is 1. The van der Waals surface area contributed by atoms with Crippen molar-refractivity contribution in [1.82, 2.24) is 5.32 Å². The van der Waals surface area contributed by atoms with Crippen molar-refractivity contribution in [2.75, 3.05) is 26.4 Å². The molecule has 1 N–H and O–H groups in total. The van der Waals surface area contributed by atoms with Crippen LogP contribution in [0, 0.1) is 0 Å². The smallest absolute Gasteiger partial charge is 0.179 e. The van der Waals surface area contributed by atoms with Crippen LogP contribution in [-0.2, 0) is 11.3 Å². The summed E-state index contributed by atoms with van der Waals surface area (Å²) in [5.41, 5.74) is 1.09. The van der Waals surface area contributed by atoms with Crippen LogP contribution >= 0.6 is 11.6 Å². The lowest BCUT2D eigenvalue weighted by molar-refractivity contribution is 0.110. The van der Waals surface area contributed by atoms with Gasteiger partial charge in [-0.25, -0.2) is 0 Å². The Morgan fingerprint density at radius 1 is 1.32 bits per heavy atom. The Bertz CT molecular complexity index is 461. The zero-order valence-electron chi connectivity index (χ0n) is 13.5. The molecule has 0 amide bonds. The van der Waals surface area contributed by atoms with Crippen LogP contribution in [0.3, 0.4) is 0 Å². The number of halogens is 1. The zero-order valence-corrected chi connectivity index (χ0v) is 14.2. The first kappa shape index (κ1) is 17.4. The standard InChI is InChI=1S/C17H26ClNO3/c1-3-7-22-17-15(18)9-13(10-16(17)20-4-2)11-19-12-14-6-5-8-21-14/h9-10,14,19H,3-8,11-12H2,1-2H3. The topological polar surface area (TPSA) is 39.7 Å². The highest BCUT2D eigenvalue weighted by atomic mass is 35.5. The molecule has 1 aromatic carbocycles. The molecule has 0 bridgehead atoms. The first-order valence-electron chi connectivity index (χ1n) is 8.15. The third kappa shape index (κ3) is 5.04. The highest BCUT2D eigenvalue weighted by Crippen LogP contribution is 2.36. The second kappa shape index (κ2) is 9.23. The van der Waals surface area contributed by atoms with Gasteiger partial charge in [0.1, 0.15) is 0 Å². The van der Waals surface area contributed by atoms with Gasteiger partial charge in [-0.15, -0.1) is 0 Å². The van der Waals surface area contributed by atoms with E-state index in [9.17, 15) is 0 Å². The van der Waals surface area contributed by atoms with E-state index < -0.39 is 0 Å². The molecular formula is C17H26ClNO3. The molecule has 22 heavy (non-hydrogen) atoms. The van der Waals surface area contributed by atoms with Crippen LogP contribution in [0.25, 0.3) is 0 Å². The van der Waals surface area contributed by atoms with Gasteiger partial charge in [-0.1, -0.05) is 18.5 Å². The number of hydrogen-bond donors (Lipinski definition) is 1. The summed E-state index contributed by atoms with van der Waals surface area (Å²) in [6.07, 6.45) is 3.58. The molecule has 1 fully saturated rings. The van der Waals surface area contributed by atoms with Gasteiger partial charge in [0.15, 0.2) is 11.5 Å². The van der Waals surface area contributed by atoms with E-state index in [4.69, 9.17) is 25.8 Å². The third-order valence-corrected chi connectivity index (χ3v) is 3.83. The summed E-state index contributed by atoms with van der Waals surface area (Å²) in [5.74, 6) is 1.37. The first-order valence-corrected chi connectivity index (χ1v) is 8.52. The van der Waals surface area contributed by atoms with Crippen molar-refractivity contribution in [1.29, 1.82) is 0 Å². The number of hydrogen-bond acceptors (Lipinski definition) is 4. The van der Waals surface area contributed by atoms with Gasteiger partial charge < -0.3 is 19.5 Å². The second-order valence-corrected chi connectivity index (χ2v) is 5.86. The molecule has 0 radical (unpaired) electrons. The predicted octanol–water partition coefficient (Wildman–Crippen LogP) is 3.80.